The molecule has 0 aromatic heterocycles. The Labute approximate surface area is 112 Å². The summed E-state index contributed by atoms with van der Waals surface area (Å²) in [5.74, 6) is 1.35. The van der Waals surface area contributed by atoms with Crippen molar-refractivity contribution >= 4 is 23.5 Å². The van der Waals surface area contributed by atoms with Gasteiger partial charge in [0.15, 0.2) is 5.78 Å². The summed E-state index contributed by atoms with van der Waals surface area (Å²) in [7, 11) is 2.05. The number of thioether (sulfide) groups is 1. The Morgan fingerprint density at radius 1 is 1.50 bits per heavy atom. The number of fused-ring (bicyclic) bond motifs is 1. The van der Waals surface area contributed by atoms with Crippen LogP contribution in [-0.2, 0) is 9.59 Å². The fourth-order valence-electron chi connectivity index (χ4n) is 3.72. The molecule has 3 unspecified atom stereocenters. The van der Waals surface area contributed by atoms with Crippen LogP contribution in [0.15, 0.2) is 0 Å². The number of amides is 1. The first-order valence-electron chi connectivity index (χ1n) is 6.72. The third-order valence-electron chi connectivity index (χ3n) is 4.78. The van der Waals surface area contributed by atoms with Gasteiger partial charge in [-0.05, 0) is 45.5 Å². The molecular formula is C13H20N2O2S. The zero-order valence-electron chi connectivity index (χ0n) is 11.0. The molecule has 0 aromatic rings. The molecule has 1 spiro atoms. The molecule has 0 saturated carbocycles. The van der Waals surface area contributed by atoms with Crippen LogP contribution in [0.5, 0.6) is 0 Å². The molecule has 0 N–H and O–H groups in total. The number of Topliss-reactive ketones (excluding diaryl/α,β-unsaturated/α-hetero) is 1. The van der Waals surface area contributed by atoms with E-state index in [1.54, 1.807) is 6.92 Å². The van der Waals surface area contributed by atoms with Crippen molar-refractivity contribution in [3.05, 3.63) is 0 Å². The quantitative estimate of drug-likeness (QED) is 0.714. The van der Waals surface area contributed by atoms with E-state index in [0.29, 0.717) is 0 Å². The van der Waals surface area contributed by atoms with Crippen molar-refractivity contribution < 1.29 is 9.59 Å². The molecule has 3 saturated heterocycles. The van der Waals surface area contributed by atoms with Crippen molar-refractivity contribution in [2.45, 2.75) is 49.6 Å². The minimum atomic E-state index is -0.296. The number of hydrogen-bond acceptors (Lipinski definition) is 4. The van der Waals surface area contributed by atoms with E-state index in [0.717, 1.165) is 38.0 Å². The Hall–Kier alpha value is -0.550. The molecule has 3 heterocycles. The van der Waals surface area contributed by atoms with Crippen LogP contribution in [0, 0.1) is 0 Å². The van der Waals surface area contributed by atoms with Crippen LogP contribution in [0.1, 0.15) is 32.6 Å². The standard InChI is InChI=1S/C13H20N2O2S/c1-9(16)10-4-7-18-11-8-13(12(17)15(10)11)5-3-6-14(13)2/h10-11H,3-8H2,1-2H3. The van der Waals surface area contributed by atoms with E-state index < -0.39 is 0 Å². The smallest absolute Gasteiger partial charge is 0.244 e. The van der Waals surface area contributed by atoms with Gasteiger partial charge in [-0.25, -0.2) is 0 Å². The van der Waals surface area contributed by atoms with Crippen LogP contribution >= 0.6 is 11.8 Å². The van der Waals surface area contributed by atoms with E-state index in [1.807, 2.05) is 16.7 Å². The summed E-state index contributed by atoms with van der Waals surface area (Å²) in [6.07, 6.45) is 3.78. The maximum atomic E-state index is 12.8. The summed E-state index contributed by atoms with van der Waals surface area (Å²) in [6.45, 7) is 2.62. The monoisotopic (exact) mass is 268 g/mol. The maximum absolute atomic E-state index is 12.8. The lowest BCUT2D eigenvalue weighted by Crippen LogP contribution is -2.53. The van der Waals surface area contributed by atoms with Gasteiger partial charge in [-0.2, -0.15) is 0 Å². The van der Waals surface area contributed by atoms with Gasteiger partial charge in [0, 0.05) is 6.42 Å². The van der Waals surface area contributed by atoms with Crippen molar-refractivity contribution in [3.8, 4) is 0 Å². The first kappa shape index (κ1) is 12.5. The van der Waals surface area contributed by atoms with Gasteiger partial charge >= 0.3 is 0 Å². The van der Waals surface area contributed by atoms with Crippen molar-refractivity contribution in [2.24, 2.45) is 0 Å². The van der Waals surface area contributed by atoms with Gasteiger partial charge < -0.3 is 4.90 Å². The zero-order chi connectivity index (χ0) is 12.9. The molecule has 3 atom stereocenters. The van der Waals surface area contributed by atoms with Gasteiger partial charge in [0.25, 0.3) is 0 Å². The molecule has 3 fully saturated rings. The first-order valence-corrected chi connectivity index (χ1v) is 7.77. The molecule has 4 nitrogen and oxygen atoms in total. The average Bonchev–Trinajstić information content (AvgIpc) is 2.83. The molecule has 18 heavy (non-hydrogen) atoms. The second-order valence-electron chi connectivity index (χ2n) is 5.71. The summed E-state index contributed by atoms with van der Waals surface area (Å²) >= 11 is 1.85. The summed E-state index contributed by atoms with van der Waals surface area (Å²) in [5, 5.41) is 0.223. The molecule has 0 aromatic carbocycles. The Kier molecular flexibility index (Phi) is 2.94. The fourth-order valence-corrected chi connectivity index (χ4v) is 5.15. The number of nitrogens with zero attached hydrogens (tertiary/aromatic N) is 2. The van der Waals surface area contributed by atoms with Crippen LogP contribution in [0.25, 0.3) is 0 Å². The molecule has 3 rings (SSSR count). The Morgan fingerprint density at radius 2 is 2.28 bits per heavy atom. The predicted molar refractivity (Wildman–Crippen MR) is 71.4 cm³/mol. The van der Waals surface area contributed by atoms with E-state index in [2.05, 4.69) is 11.9 Å². The number of carbonyl (C=O) groups excluding carboxylic acids is 2. The fraction of sp³-hybridized carbons (Fsp3) is 0.846. The molecule has 1 amide bonds. The van der Waals surface area contributed by atoms with Crippen molar-refractivity contribution in [2.75, 3.05) is 19.3 Å². The van der Waals surface area contributed by atoms with Crippen molar-refractivity contribution in [1.29, 1.82) is 0 Å². The minimum Gasteiger partial charge on any atom is -0.319 e. The normalized spacial score (nSPS) is 40.6. The molecule has 0 radical (unpaired) electrons. The van der Waals surface area contributed by atoms with Gasteiger partial charge in [-0.3, -0.25) is 14.5 Å². The number of rotatable bonds is 1. The maximum Gasteiger partial charge on any atom is 0.244 e. The number of carbonyl (C=O) groups is 2. The lowest BCUT2D eigenvalue weighted by molar-refractivity contribution is -0.142. The summed E-state index contributed by atoms with van der Waals surface area (Å²) in [6, 6.07) is -0.169. The van der Waals surface area contributed by atoms with Crippen LogP contribution in [-0.4, -0.2) is 57.8 Å². The summed E-state index contributed by atoms with van der Waals surface area (Å²) in [5.41, 5.74) is -0.296. The molecular weight excluding hydrogens is 248 g/mol. The number of likely N-dealkylation sites (tertiary alicyclic amines) is 1. The number of hydrogen-bond donors (Lipinski definition) is 0. The summed E-state index contributed by atoms with van der Waals surface area (Å²) in [4.78, 5) is 28.7. The Morgan fingerprint density at radius 3 is 2.89 bits per heavy atom. The van der Waals surface area contributed by atoms with Crippen LogP contribution in [0.2, 0.25) is 0 Å². The van der Waals surface area contributed by atoms with E-state index in [1.165, 1.54) is 0 Å². The average molecular weight is 268 g/mol. The summed E-state index contributed by atoms with van der Waals surface area (Å²) < 4.78 is 0. The molecule has 5 heteroatoms. The molecule has 100 valence electrons. The molecule has 0 bridgehead atoms. The Bertz CT molecular complexity index is 400. The van der Waals surface area contributed by atoms with Gasteiger partial charge in [-0.1, -0.05) is 0 Å². The largest absolute Gasteiger partial charge is 0.319 e. The highest BCUT2D eigenvalue weighted by atomic mass is 32.2. The highest BCUT2D eigenvalue weighted by molar-refractivity contribution is 7.99. The Balaban J connectivity index is 1.93. The van der Waals surface area contributed by atoms with Gasteiger partial charge in [0.05, 0.1) is 11.4 Å². The molecule has 0 aliphatic carbocycles. The second kappa shape index (κ2) is 4.23. The third-order valence-corrected chi connectivity index (χ3v) is 6.03. The number of likely N-dealkylation sites (N-methyl/N-ethyl adjacent to an activating group) is 1. The first-order chi connectivity index (χ1) is 8.56. The third kappa shape index (κ3) is 1.56. The zero-order valence-corrected chi connectivity index (χ0v) is 11.8. The van der Waals surface area contributed by atoms with Crippen molar-refractivity contribution in [3.63, 3.8) is 0 Å². The number of ketones is 1. The van der Waals surface area contributed by atoms with Gasteiger partial charge in [-0.15, -0.1) is 11.8 Å². The predicted octanol–water partition coefficient (Wildman–Crippen LogP) is 1.10. The van der Waals surface area contributed by atoms with Gasteiger partial charge in [0.1, 0.15) is 5.54 Å². The highest BCUT2D eigenvalue weighted by Crippen LogP contribution is 2.47. The highest BCUT2D eigenvalue weighted by Gasteiger charge is 2.58. The topological polar surface area (TPSA) is 40.6 Å². The molecule has 3 aliphatic rings. The van der Waals surface area contributed by atoms with Gasteiger partial charge in [0.2, 0.25) is 5.91 Å². The minimum absolute atomic E-state index is 0.145. The van der Waals surface area contributed by atoms with Crippen molar-refractivity contribution in [1.82, 2.24) is 9.80 Å². The van der Waals surface area contributed by atoms with Crippen LogP contribution in [0.4, 0.5) is 0 Å². The SMILES string of the molecule is CC(=O)C1CCSC2CC3(CCCN3C)C(=O)N21. The van der Waals surface area contributed by atoms with Crippen LogP contribution < -0.4 is 0 Å². The molecule has 3 aliphatic heterocycles. The lowest BCUT2D eigenvalue weighted by Gasteiger charge is -2.36. The van der Waals surface area contributed by atoms with E-state index in [-0.39, 0.29) is 28.6 Å². The van der Waals surface area contributed by atoms with E-state index >= 15 is 0 Å². The van der Waals surface area contributed by atoms with E-state index in [9.17, 15) is 9.59 Å². The van der Waals surface area contributed by atoms with E-state index in [4.69, 9.17) is 0 Å². The van der Waals surface area contributed by atoms with Crippen LogP contribution in [0.3, 0.4) is 0 Å². The second-order valence-corrected chi connectivity index (χ2v) is 7.00. The lowest BCUT2D eigenvalue weighted by atomic mass is 9.94.